The van der Waals surface area contributed by atoms with Crippen molar-refractivity contribution in [1.82, 2.24) is 0 Å². The highest BCUT2D eigenvalue weighted by Gasteiger charge is 2.13. The SMILES string of the molecule is CC(C)Oc1ccc(C(=O)Cc2ccccc2)c(O)c1. The van der Waals surface area contributed by atoms with E-state index < -0.39 is 0 Å². The number of phenols is 1. The number of phenolic OH excluding ortho intramolecular Hbond substituents is 1. The average Bonchev–Trinajstić information content (AvgIpc) is 2.39. The van der Waals surface area contributed by atoms with Crippen LogP contribution >= 0.6 is 0 Å². The van der Waals surface area contributed by atoms with E-state index in [1.54, 1.807) is 12.1 Å². The standard InChI is InChI=1S/C17H18O3/c1-12(2)20-14-8-9-15(17(19)11-14)16(18)10-13-6-4-3-5-7-13/h3-9,11-12,19H,10H2,1-2H3. The third kappa shape index (κ3) is 3.60. The van der Waals surface area contributed by atoms with Crippen LogP contribution in [0.4, 0.5) is 0 Å². The van der Waals surface area contributed by atoms with Crippen molar-refractivity contribution in [2.75, 3.05) is 0 Å². The van der Waals surface area contributed by atoms with Crippen LogP contribution in [0.25, 0.3) is 0 Å². The van der Waals surface area contributed by atoms with Crippen LogP contribution in [0.5, 0.6) is 11.5 Å². The summed E-state index contributed by atoms with van der Waals surface area (Å²) < 4.78 is 5.48. The quantitative estimate of drug-likeness (QED) is 0.844. The number of Topliss-reactive ketones (excluding diaryl/α,β-unsaturated/α-hetero) is 1. The Morgan fingerprint density at radius 2 is 1.85 bits per heavy atom. The number of carbonyl (C=O) groups excluding carboxylic acids is 1. The Labute approximate surface area is 118 Å². The van der Waals surface area contributed by atoms with Crippen LogP contribution in [0, 0.1) is 0 Å². The smallest absolute Gasteiger partial charge is 0.170 e. The molecule has 0 atom stereocenters. The minimum absolute atomic E-state index is 0.0280. The van der Waals surface area contributed by atoms with E-state index in [4.69, 9.17) is 4.74 Å². The lowest BCUT2D eigenvalue weighted by Gasteiger charge is -2.11. The van der Waals surface area contributed by atoms with Gasteiger partial charge in [-0.25, -0.2) is 0 Å². The highest BCUT2D eigenvalue weighted by atomic mass is 16.5. The molecule has 3 nitrogen and oxygen atoms in total. The van der Waals surface area contributed by atoms with Crippen molar-refractivity contribution in [1.29, 1.82) is 0 Å². The van der Waals surface area contributed by atoms with Crippen LogP contribution in [0.2, 0.25) is 0 Å². The van der Waals surface area contributed by atoms with Crippen molar-refractivity contribution >= 4 is 5.78 Å². The maximum absolute atomic E-state index is 12.2. The van der Waals surface area contributed by atoms with Gasteiger partial charge in [-0.2, -0.15) is 0 Å². The van der Waals surface area contributed by atoms with Crippen molar-refractivity contribution in [3.63, 3.8) is 0 Å². The van der Waals surface area contributed by atoms with Crippen LogP contribution in [0.15, 0.2) is 48.5 Å². The Bertz CT molecular complexity index is 588. The van der Waals surface area contributed by atoms with E-state index in [2.05, 4.69) is 0 Å². The van der Waals surface area contributed by atoms with Crippen molar-refractivity contribution in [3.05, 3.63) is 59.7 Å². The lowest BCUT2D eigenvalue weighted by Crippen LogP contribution is -2.07. The van der Waals surface area contributed by atoms with E-state index in [-0.39, 0.29) is 24.1 Å². The van der Waals surface area contributed by atoms with E-state index in [1.165, 1.54) is 6.07 Å². The molecule has 2 aromatic carbocycles. The molecule has 0 aliphatic heterocycles. The Morgan fingerprint density at radius 1 is 1.15 bits per heavy atom. The third-order valence-electron chi connectivity index (χ3n) is 2.85. The van der Waals surface area contributed by atoms with Gasteiger partial charge in [0.05, 0.1) is 11.7 Å². The van der Waals surface area contributed by atoms with Crippen molar-refractivity contribution in [2.45, 2.75) is 26.4 Å². The number of aromatic hydroxyl groups is 1. The van der Waals surface area contributed by atoms with Gasteiger partial charge in [0.1, 0.15) is 11.5 Å². The summed E-state index contributed by atoms with van der Waals surface area (Å²) in [6.45, 7) is 3.82. The average molecular weight is 270 g/mol. The lowest BCUT2D eigenvalue weighted by atomic mass is 10.0. The fourth-order valence-electron chi connectivity index (χ4n) is 1.97. The van der Waals surface area contributed by atoms with Gasteiger partial charge in [0.2, 0.25) is 0 Å². The zero-order valence-electron chi connectivity index (χ0n) is 11.7. The highest BCUT2D eigenvalue weighted by Crippen LogP contribution is 2.25. The molecule has 0 unspecified atom stereocenters. The molecule has 2 rings (SSSR count). The summed E-state index contributed by atoms with van der Waals surface area (Å²) >= 11 is 0. The van der Waals surface area contributed by atoms with Gasteiger partial charge in [-0.1, -0.05) is 30.3 Å². The van der Waals surface area contributed by atoms with Gasteiger partial charge < -0.3 is 9.84 Å². The molecule has 0 aliphatic carbocycles. The molecular weight excluding hydrogens is 252 g/mol. The molecule has 0 aromatic heterocycles. The van der Waals surface area contributed by atoms with E-state index >= 15 is 0 Å². The molecule has 0 fully saturated rings. The molecule has 0 saturated heterocycles. The summed E-state index contributed by atoms with van der Waals surface area (Å²) in [7, 11) is 0. The minimum Gasteiger partial charge on any atom is -0.507 e. The predicted octanol–water partition coefficient (Wildman–Crippen LogP) is 3.60. The first-order valence-corrected chi connectivity index (χ1v) is 6.63. The molecule has 0 saturated carbocycles. The van der Waals surface area contributed by atoms with Crippen molar-refractivity contribution in [3.8, 4) is 11.5 Å². The van der Waals surface area contributed by atoms with E-state index in [0.29, 0.717) is 11.3 Å². The Balaban J connectivity index is 2.14. The monoisotopic (exact) mass is 270 g/mol. The van der Waals surface area contributed by atoms with Gasteiger partial charge >= 0.3 is 0 Å². The largest absolute Gasteiger partial charge is 0.507 e. The number of rotatable bonds is 5. The van der Waals surface area contributed by atoms with E-state index in [1.807, 2.05) is 44.2 Å². The molecule has 0 heterocycles. The second-order valence-corrected chi connectivity index (χ2v) is 4.93. The van der Waals surface area contributed by atoms with Crippen molar-refractivity contribution in [2.24, 2.45) is 0 Å². The van der Waals surface area contributed by atoms with Crippen molar-refractivity contribution < 1.29 is 14.6 Å². The molecule has 0 bridgehead atoms. The third-order valence-corrected chi connectivity index (χ3v) is 2.85. The Kier molecular flexibility index (Phi) is 4.41. The topological polar surface area (TPSA) is 46.5 Å². The molecule has 20 heavy (non-hydrogen) atoms. The molecule has 0 radical (unpaired) electrons. The predicted molar refractivity (Wildman–Crippen MR) is 78.3 cm³/mol. The van der Waals surface area contributed by atoms with Crippen LogP contribution < -0.4 is 4.74 Å². The minimum atomic E-state index is -0.107. The first kappa shape index (κ1) is 14.1. The van der Waals surface area contributed by atoms with Crippen LogP contribution in [-0.2, 0) is 6.42 Å². The molecule has 1 N–H and O–H groups in total. The first-order chi connectivity index (χ1) is 9.56. The Morgan fingerprint density at radius 3 is 2.45 bits per heavy atom. The molecule has 0 spiro atoms. The summed E-state index contributed by atoms with van der Waals surface area (Å²) in [4.78, 5) is 12.2. The molecular formula is C17H18O3. The maximum atomic E-state index is 12.2. The number of hydrogen-bond acceptors (Lipinski definition) is 3. The zero-order valence-corrected chi connectivity index (χ0v) is 11.7. The number of ketones is 1. The zero-order chi connectivity index (χ0) is 14.5. The molecule has 0 amide bonds. The summed E-state index contributed by atoms with van der Waals surface area (Å²) in [6, 6.07) is 14.3. The number of benzene rings is 2. The van der Waals surface area contributed by atoms with Crippen LogP contribution in [-0.4, -0.2) is 17.0 Å². The van der Waals surface area contributed by atoms with Gasteiger partial charge in [0.15, 0.2) is 5.78 Å². The molecule has 104 valence electrons. The fraction of sp³-hybridized carbons (Fsp3) is 0.235. The number of hydrogen-bond donors (Lipinski definition) is 1. The van der Waals surface area contributed by atoms with Gasteiger partial charge in [-0.15, -0.1) is 0 Å². The molecule has 0 aliphatic rings. The summed E-state index contributed by atoms with van der Waals surface area (Å²) in [6.07, 6.45) is 0.305. The van der Waals surface area contributed by atoms with Crippen LogP contribution in [0.1, 0.15) is 29.8 Å². The van der Waals surface area contributed by atoms with Gasteiger partial charge in [-0.3, -0.25) is 4.79 Å². The number of carbonyl (C=O) groups is 1. The van der Waals surface area contributed by atoms with Gasteiger partial charge in [-0.05, 0) is 31.5 Å². The summed E-state index contributed by atoms with van der Waals surface area (Å²) in [5, 5.41) is 9.95. The van der Waals surface area contributed by atoms with E-state index in [9.17, 15) is 9.90 Å². The van der Waals surface area contributed by atoms with Crippen LogP contribution in [0.3, 0.4) is 0 Å². The number of ether oxygens (including phenoxy) is 1. The van der Waals surface area contributed by atoms with E-state index in [0.717, 1.165) is 5.56 Å². The summed E-state index contributed by atoms with van der Waals surface area (Å²) in [5.41, 5.74) is 1.25. The first-order valence-electron chi connectivity index (χ1n) is 6.63. The maximum Gasteiger partial charge on any atom is 0.170 e. The molecule has 2 aromatic rings. The highest BCUT2D eigenvalue weighted by molar-refractivity contribution is 6.00. The lowest BCUT2D eigenvalue weighted by molar-refractivity contribution is 0.0990. The second-order valence-electron chi connectivity index (χ2n) is 4.93. The molecule has 3 heteroatoms. The fourth-order valence-corrected chi connectivity index (χ4v) is 1.97. The second kappa shape index (κ2) is 6.24. The summed E-state index contributed by atoms with van der Waals surface area (Å²) in [5.74, 6) is 0.419. The Hall–Kier alpha value is -2.29. The van der Waals surface area contributed by atoms with Gasteiger partial charge in [0, 0.05) is 12.5 Å². The normalized spacial score (nSPS) is 10.6. The van der Waals surface area contributed by atoms with Gasteiger partial charge in [0.25, 0.3) is 0 Å².